The molecule has 1 N–H and O–H groups in total. The van der Waals surface area contributed by atoms with E-state index in [4.69, 9.17) is 4.74 Å². The van der Waals surface area contributed by atoms with Gasteiger partial charge in [-0.25, -0.2) is 9.06 Å². The molecule has 0 fully saturated rings. The van der Waals surface area contributed by atoms with Crippen LogP contribution in [0.5, 0.6) is 5.75 Å². The van der Waals surface area contributed by atoms with Gasteiger partial charge in [-0.05, 0) is 41.7 Å². The molecule has 3 heterocycles. The smallest absolute Gasteiger partial charge is 0.423 e. The summed E-state index contributed by atoms with van der Waals surface area (Å²) in [4.78, 5) is 1.09. The Labute approximate surface area is 168 Å². The molecule has 29 heavy (non-hydrogen) atoms. The van der Waals surface area contributed by atoms with Crippen LogP contribution in [-0.2, 0) is 12.1 Å². The zero-order valence-corrected chi connectivity index (χ0v) is 16.1. The highest BCUT2D eigenvalue weighted by atomic mass is 32.1. The van der Waals surface area contributed by atoms with Crippen molar-refractivity contribution in [2.75, 3.05) is 0 Å². The Morgan fingerprint density at radius 3 is 2.79 bits per heavy atom. The molecule has 2 atom stereocenters. The van der Waals surface area contributed by atoms with Crippen LogP contribution < -0.4 is 4.74 Å². The SMILES string of the molecule is CC[C@](O)(c1cn(Cc2ccc3c(c2)OC=CC3c2ccns2)nn1)C(F)(F)F. The van der Waals surface area contributed by atoms with Crippen molar-refractivity contribution in [1.29, 1.82) is 0 Å². The third-order valence-electron chi connectivity index (χ3n) is 4.93. The summed E-state index contributed by atoms with van der Waals surface area (Å²) >= 11 is 1.41. The van der Waals surface area contributed by atoms with Gasteiger partial charge in [0.15, 0.2) is 0 Å². The van der Waals surface area contributed by atoms with Crippen molar-refractivity contribution in [2.45, 2.75) is 37.6 Å². The standard InChI is InChI=1S/C19H17F3N4O2S/c1-2-18(27,19(20,21)22)17-11-26(25-24-17)10-12-3-4-13-14(16-5-7-23-29-16)6-8-28-15(13)9-12/h3-9,11,14,27H,2,10H2,1H3/t14?,18-/m0/s1. The normalized spacial score (nSPS) is 18.2. The molecule has 1 aliphatic heterocycles. The van der Waals surface area contributed by atoms with Crippen LogP contribution in [0.4, 0.5) is 13.2 Å². The number of allylic oxidation sites excluding steroid dienone is 1. The molecule has 1 unspecified atom stereocenters. The summed E-state index contributed by atoms with van der Waals surface area (Å²) in [5.41, 5.74) is -1.77. The summed E-state index contributed by atoms with van der Waals surface area (Å²) in [5, 5.41) is 17.3. The maximum Gasteiger partial charge on any atom is 0.423 e. The van der Waals surface area contributed by atoms with E-state index in [1.54, 1.807) is 12.5 Å². The van der Waals surface area contributed by atoms with Gasteiger partial charge in [-0.1, -0.05) is 24.3 Å². The van der Waals surface area contributed by atoms with Crippen LogP contribution in [0.25, 0.3) is 0 Å². The molecular weight excluding hydrogens is 405 g/mol. The molecule has 0 spiro atoms. The fraction of sp³-hybridized carbons (Fsp3) is 0.316. The Morgan fingerprint density at radius 1 is 1.28 bits per heavy atom. The largest absolute Gasteiger partial charge is 0.465 e. The highest BCUT2D eigenvalue weighted by Gasteiger charge is 2.55. The van der Waals surface area contributed by atoms with Gasteiger partial charge in [0.1, 0.15) is 11.4 Å². The number of halogens is 3. The molecule has 0 aliphatic carbocycles. The molecule has 0 saturated heterocycles. The van der Waals surface area contributed by atoms with Gasteiger partial charge in [-0.3, -0.25) is 0 Å². The third-order valence-corrected chi connectivity index (χ3v) is 5.76. The Balaban J connectivity index is 1.57. The minimum Gasteiger partial charge on any atom is -0.465 e. The van der Waals surface area contributed by atoms with Gasteiger partial charge >= 0.3 is 6.18 Å². The first-order valence-electron chi connectivity index (χ1n) is 8.88. The highest BCUT2D eigenvalue weighted by molar-refractivity contribution is 7.05. The first kappa shape index (κ1) is 19.6. The molecule has 4 rings (SSSR count). The molecule has 0 bridgehead atoms. The summed E-state index contributed by atoms with van der Waals surface area (Å²) in [6.07, 6.45) is 1.06. The monoisotopic (exact) mass is 422 g/mol. The number of alkyl halides is 3. The first-order valence-corrected chi connectivity index (χ1v) is 9.65. The molecule has 1 aliphatic rings. The van der Waals surface area contributed by atoms with Crippen LogP contribution in [0.1, 0.15) is 41.0 Å². The molecule has 10 heteroatoms. The molecule has 3 aromatic rings. The van der Waals surface area contributed by atoms with E-state index in [-0.39, 0.29) is 12.5 Å². The van der Waals surface area contributed by atoms with Gasteiger partial charge in [0.2, 0.25) is 5.60 Å². The van der Waals surface area contributed by atoms with E-state index < -0.39 is 23.9 Å². The number of aliphatic hydroxyl groups is 1. The van der Waals surface area contributed by atoms with Crippen molar-refractivity contribution in [3.05, 3.63) is 70.7 Å². The van der Waals surface area contributed by atoms with Crippen molar-refractivity contribution in [2.24, 2.45) is 0 Å². The molecule has 6 nitrogen and oxygen atoms in total. The lowest BCUT2D eigenvalue weighted by atomic mass is 9.94. The number of benzene rings is 1. The Morgan fingerprint density at radius 2 is 2.10 bits per heavy atom. The topological polar surface area (TPSA) is 73.1 Å². The van der Waals surface area contributed by atoms with Crippen molar-refractivity contribution < 1.29 is 23.0 Å². The predicted octanol–water partition coefficient (Wildman–Crippen LogP) is 3.98. The second kappa shape index (κ2) is 7.27. The van der Waals surface area contributed by atoms with Crippen molar-refractivity contribution in [1.82, 2.24) is 19.4 Å². The fourth-order valence-corrected chi connectivity index (χ4v) is 3.93. The van der Waals surface area contributed by atoms with Crippen molar-refractivity contribution in [3.8, 4) is 5.75 Å². The lowest BCUT2D eigenvalue weighted by molar-refractivity contribution is -0.269. The van der Waals surface area contributed by atoms with E-state index in [1.165, 1.54) is 23.1 Å². The van der Waals surface area contributed by atoms with E-state index >= 15 is 0 Å². The van der Waals surface area contributed by atoms with Gasteiger partial charge in [-0.2, -0.15) is 13.2 Å². The summed E-state index contributed by atoms with van der Waals surface area (Å²) in [7, 11) is 0. The molecule has 0 radical (unpaired) electrons. The summed E-state index contributed by atoms with van der Waals surface area (Å²) in [6, 6.07) is 7.57. The summed E-state index contributed by atoms with van der Waals surface area (Å²) < 4.78 is 50.7. The number of hydrogen-bond donors (Lipinski definition) is 1. The van der Waals surface area contributed by atoms with Crippen molar-refractivity contribution in [3.63, 3.8) is 0 Å². The van der Waals surface area contributed by atoms with E-state index in [1.807, 2.05) is 30.3 Å². The molecule has 1 aromatic carbocycles. The zero-order chi connectivity index (χ0) is 20.6. The predicted molar refractivity (Wildman–Crippen MR) is 99.5 cm³/mol. The molecule has 152 valence electrons. The molecular formula is C19H17F3N4O2S. The van der Waals surface area contributed by atoms with Gasteiger partial charge in [0.25, 0.3) is 0 Å². The van der Waals surface area contributed by atoms with E-state index in [2.05, 4.69) is 14.7 Å². The number of fused-ring (bicyclic) bond motifs is 1. The average molecular weight is 422 g/mol. The quantitative estimate of drug-likeness (QED) is 0.673. The van der Waals surface area contributed by atoms with Crippen LogP contribution in [0, 0.1) is 0 Å². The van der Waals surface area contributed by atoms with Crippen molar-refractivity contribution >= 4 is 11.5 Å². The van der Waals surface area contributed by atoms with Gasteiger partial charge in [0, 0.05) is 22.6 Å². The van der Waals surface area contributed by atoms with Crippen LogP contribution >= 0.6 is 11.5 Å². The Hall–Kier alpha value is -2.72. The van der Waals surface area contributed by atoms with Crippen LogP contribution in [-0.4, -0.2) is 30.7 Å². The van der Waals surface area contributed by atoms with E-state index in [9.17, 15) is 18.3 Å². The highest BCUT2D eigenvalue weighted by Crippen LogP contribution is 2.41. The van der Waals surface area contributed by atoms with E-state index in [0.717, 1.165) is 22.2 Å². The zero-order valence-electron chi connectivity index (χ0n) is 15.3. The van der Waals surface area contributed by atoms with Crippen LogP contribution in [0.3, 0.4) is 0 Å². The molecule has 2 aromatic heterocycles. The maximum absolute atomic E-state index is 13.2. The average Bonchev–Trinajstić information content (AvgIpc) is 3.38. The van der Waals surface area contributed by atoms with Gasteiger partial charge in [-0.15, -0.1) is 5.10 Å². The summed E-state index contributed by atoms with van der Waals surface area (Å²) in [5.74, 6) is 0.716. The Bertz CT molecular complexity index is 1030. The number of ether oxygens (including phenoxy) is 1. The Kier molecular flexibility index (Phi) is 4.91. The maximum atomic E-state index is 13.2. The number of rotatable bonds is 5. The fourth-order valence-electron chi connectivity index (χ4n) is 3.24. The second-order valence-electron chi connectivity index (χ2n) is 6.72. The number of hydrogen-bond acceptors (Lipinski definition) is 6. The third kappa shape index (κ3) is 3.53. The first-order chi connectivity index (χ1) is 13.8. The van der Waals surface area contributed by atoms with Gasteiger partial charge in [0.05, 0.1) is 19.0 Å². The lowest BCUT2D eigenvalue weighted by Crippen LogP contribution is -2.42. The minimum absolute atomic E-state index is 0.0459. The second-order valence-corrected chi connectivity index (χ2v) is 7.59. The molecule has 0 saturated carbocycles. The van der Waals surface area contributed by atoms with Crippen LogP contribution in [0.15, 0.2) is 49.0 Å². The van der Waals surface area contributed by atoms with E-state index in [0.29, 0.717) is 5.75 Å². The summed E-state index contributed by atoms with van der Waals surface area (Å²) in [6.45, 7) is 1.44. The van der Waals surface area contributed by atoms with Crippen LogP contribution in [0.2, 0.25) is 0 Å². The number of aromatic nitrogens is 4. The number of nitrogens with zero attached hydrogens (tertiary/aromatic N) is 4. The minimum atomic E-state index is -4.83. The van der Waals surface area contributed by atoms with Gasteiger partial charge < -0.3 is 9.84 Å². The lowest BCUT2D eigenvalue weighted by Gasteiger charge is -2.26. The molecule has 0 amide bonds.